The summed E-state index contributed by atoms with van der Waals surface area (Å²) in [5.41, 5.74) is 16.4. The van der Waals surface area contributed by atoms with Crippen molar-refractivity contribution >= 4 is 17.5 Å². The van der Waals surface area contributed by atoms with Gasteiger partial charge in [0.25, 0.3) is 0 Å². The van der Waals surface area contributed by atoms with Crippen molar-refractivity contribution in [3.05, 3.63) is 103 Å². The molecule has 312 valence electrons. The van der Waals surface area contributed by atoms with Crippen molar-refractivity contribution in [1.82, 2.24) is 0 Å². The van der Waals surface area contributed by atoms with Crippen LogP contribution in [-0.4, -0.2) is 12.1 Å². The van der Waals surface area contributed by atoms with E-state index in [0.29, 0.717) is 0 Å². The van der Waals surface area contributed by atoms with E-state index >= 15 is 0 Å². The van der Waals surface area contributed by atoms with Gasteiger partial charge in [-0.1, -0.05) is 175 Å². The number of nitrogens with zero attached hydrogens (tertiary/aromatic N) is 1. The molecule has 1 spiro atoms. The van der Waals surface area contributed by atoms with Crippen LogP contribution in [0.3, 0.4) is 0 Å². The molecule has 0 amide bonds. The Hall–Kier alpha value is -2.78. The second kappa shape index (κ2) is 29.4. The largest absolute Gasteiger partial charge is 2.00 e. The second-order valence-corrected chi connectivity index (χ2v) is 17.0. The van der Waals surface area contributed by atoms with Crippen LogP contribution in [0.15, 0.2) is 66.8 Å². The van der Waals surface area contributed by atoms with Crippen LogP contribution in [0.5, 0.6) is 0 Å². The zero-order valence-electron chi connectivity index (χ0n) is 37.9. The van der Waals surface area contributed by atoms with Crippen molar-refractivity contribution in [1.29, 1.82) is 0 Å². The fourth-order valence-corrected chi connectivity index (χ4v) is 7.78. The van der Waals surface area contributed by atoms with Crippen LogP contribution in [0.2, 0.25) is 0 Å². The van der Waals surface area contributed by atoms with E-state index in [9.17, 15) is 0 Å². The summed E-state index contributed by atoms with van der Waals surface area (Å²) in [6.07, 6.45) is 27.1. The molecule has 0 bridgehead atoms. The van der Waals surface area contributed by atoms with E-state index in [4.69, 9.17) is 5.73 Å². The maximum atomic E-state index is 6.24. The Labute approximate surface area is 359 Å². The molecule has 0 aromatic heterocycles. The van der Waals surface area contributed by atoms with Crippen molar-refractivity contribution in [2.24, 2.45) is 5.92 Å². The Bertz CT molecular complexity index is 1480. The molecule has 2 aromatic rings. The number of rotatable bonds is 18. The van der Waals surface area contributed by atoms with Crippen LogP contribution in [0.4, 0.5) is 11.4 Å². The summed E-state index contributed by atoms with van der Waals surface area (Å²) in [6.45, 7) is 36.7. The molecule has 56 heavy (non-hydrogen) atoms. The number of aryl methyl sites for hydroxylation is 1. The summed E-state index contributed by atoms with van der Waals surface area (Å²) in [5, 5.41) is 0. The molecule has 2 aromatic carbocycles. The molecule has 0 fully saturated rings. The molecular formula is C53H84CrN2. The van der Waals surface area contributed by atoms with Crippen molar-refractivity contribution in [2.75, 3.05) is 17.2 Å². The fourth-order valence-electron chi connectivity index (χ4n) is 7.78. The minimum Gasteiger partial charge on any atom is -0.399 e. The maximum Gasteiger partial charge on any atom is 2.00 e. The Morgan fingerprint density at radius 2 is 1.45 bits per heavy atom. The maximum absolute atomic E-state index is 6.24. The van der Waals surface area contributed by atoms with Crippen LogP contribution in [0.1, 0.15) is 187 Å². The van der Waals surface area contributed by atoms with Gasteiger partial charge in [0.1, 0.15) is 0 Å². The van der Waals surface area contributed by atoms with Gasteiger partial charge < -0.3 is 17.6 Å². The molecule has 1 heterocycles. The van der Waals surface area contributed by atoms with Gasteiger partial charge in [-0.15, -0.1) is 11.8 Å². The summed E-state index contributed by atoms with van der Waals surface area (Å²) >= 11 is 0. The van der Waals surface area contributed by atoms with Gasteiger partial charge in [-0.25, -0.2) is 19.1 Å². The number of anilines is 2. The van der Waals surface area contributed by atoms with Crippen LogP contribution < -0.4 is 10.6 Å². The fraction of sp³-hybridized carbons (Fsp3) is 0.585. The van der Waals surface area contributed by atoms with Gasteiger partial charge in [-0.3, -0.25) is 0 Å². The summed E-state index contributed by atoms with van der Waals surface area (Å²) in [5.74, 6) is 6.46. The average Bonchev–Trinajstić information content (AvgIpc) is 3.31. The minimum atomic E-state index is -0.110. The number of nitrogens with two attached hydrogens (primary N) is 1. The van der Waals surface area contributed by atoms with E-state index in [2.05, 4.69) is 141 Å². The number of nitrogen functional groups attached to an aromatic ring is 1. The van der Waals surface area contributed by atoms with Gasteiger partial charge in [0.05, 0.1) is 5.54 Å². The number of allylic oxidation sites excluding steroid dienone is 1. The smallest absolute Gasteiger partial charge is 0.399 e. The van der Waals surface area contributed by atoms with Gasteiger partial charge in [0.15, 0.2) is 0 Å². The first-order chi connectivity index (χ1) is 26.3. The number of fused-ring (bicyclic) bond motifs is 2. The molecule has 1 atom stereocenters. The van der Waals surface area contributed by atoms with Gasteiger partial charge in [-0.2, -0.15) is 6.42 Å². The first kappa shape index (κ1) is 53.2. The van der Waals surface area contributed by atoms with Gasteiger partial charge >= 0.3 is 17.4 Å². The monoisotopic (exact) mass is 801 g/mol. The third-order valence-corrected chi connectivity index (χ3v) is 10.8. The molecule has 2 aliphatic rings. The van der Waals surface area contributed by atoms with Crippen LogP contribution in [0.25, 0.3) is 6.08 Å². The summed E-state index contributed by atoms with van der Waals surface area (Å²) in [7, 11) is 0. The Morgan fingerprint density at radius 3 is 1.98 bits per heavy atom. The van der Waals surface area contributed by atoms with E-state index in [-0.39, 0.29) is 28.3 Å². The predicted molar refractivity (Wildman–Crippen MR) is 251 cm³/mol. The Balaban J connectivity index is 0.00000114. The van der Waals surface area contributed by atoms with Gasteiger partial charge in [0, 0.05) is 36.2 Å². The normalized spacial score (nSPS) is 15.4. The van der Waals surface area contributed by atoms with Crippen molar-refractivity contribution in [3.8, 4) is 11.8 Å². The SMILES string of the molecule is C=C(CCCCCCC[CH2-])CN1c2ccccc2C(C)(C)C12C=Cc1cc(N)cc(CC)c1C2.C=C([CH2-])CCCCCCCCC.CC#CCC.CC(C)C.[Cr+2]. The Kier molecular flexibility index (Phi) is 28.0. The molecule has 1 aliphatic carbocycles. The number of para-hydroxylation sites is 1. The van der Waals surface area contributed by atoms with E-state index in [0.717, 1.165) is 62.2 Å². The van der Waals surface area contributed by atoms with Gasteiger partial charge in [0.2, 0.25) is 0 Å². The molecule has 4 rings (SSSR count). The quantitative estimate of drug-likeness (QED) is 0.0535. The minimum absolute atomic E-state index is 0. The van der Waals surface area contributed by atoms with Gasteiger partial charge in [-0.05, 0) is 72.6 Å². The summed E-state index contributed by atoms with van der Waals surface area (Å²) in [6, 6.07) is 13.3. The predicted octanol–water partition coefficient (Wildman–Crippen LogP) is 15.7. The summed E-state index contributed by atoms with van der Waals surface area (Å²) < 4.78 is 0. The molecular weight excluding hydrogens is 717 g/mol. The van der Waals surface area contributed by atoms with E-state index in [1.807, 2.05) is 13.8 Å². The molecule has 3 heteroatoms. The van der Waals surface area contributed by atoms with Crippen molar-refractivity contribution < 1.29 is 17.4 Å². The van der Waals surface area contributed by atoms with Crippen LogP contribution in [-0.2, 0) is 35.6 Å². The van der Waals surface area contributed by atoms with Crippen LogP contribution >= 0.6 is 0 Å². The zero-order valence-corrected chi connectivity index (χ0v) is 39.2. The molecule has 0 saturated carbocycles. The number of hydrogen-bond acceptors (Lipinski definition) is 2. The molecule has 1 unspecified atom stereocenters. The number of unbranched alkanes of at least 4 members (excludes halogenated alkanes) is 11. The van der Waals surface area contributed by atoms with E-state index in [1.165, 1.54) is 111 Å². The molecule has 0 saturated heterocycles. The van der Waals surface area contributed by atoms with Crippen molar-refractivity contribution in [3.63, 3.8) is 0 Å². The zero-order chi connectivity index (χ0) is 41.3. The molecule has 0 radical (unpaired) electrons. The second-order valence-electron chi connectivity index (χ2n) is 17.0. The molecule has 1 aliphatic heterocycles. The first-order valence-electron chi connectivity index (χ1n) is 22.1. The number of hydrogen-bond donors (Lipinski definition) is 1. The molecule has 2 nitrogen and oxygen atoms in total. The summed E-state index contributed by atoms with van der Waals surface area (Å²) in [4.78, 5) is 2.67. The van der Waals surface area contributed by atoms with Crippen molar-refractivity contribution in [2.45, 2.75) is 189 Å². The third kappa shape index (κ3) is 17.8. The standard InChI is InChI=1S/C32H43N2.C12H23.C5H8.C4H10.Cr/c1-6-8-9-10-11-12-15-24(3)23-34-30-17-14-13-16-29(30)31(4,5)32(34)19-18-26-21-27(33)20-25(7-2)28(26)22-32;1-4-5-6-7-8-9-10-11-12(2)3;1-3-5-4-2;1-4(2)3;/h13-14,16-21H,1,3,6-12,15,22-23,33H2,2,4-5H3;2-11H2,1H3;3H2,1-2H3;4H,1-3H3;/q2*-1;;;+2. The van der Waals surface area contributed by atoms with E-state index < -0.39 is 0 Å². The third-order valence-electron chi connectivity index (χ3n) is 10.8. The van der Waals surface area contributed by atoms with Crippen LogP contribution in [0, 0.1) is 31.6 Å². The molecule has 2 N–H and O–H groups in total. The number of benzene rings is 2. The average molecular weight is 801 g/mol. The van der Waals surface area contributed by atoms with E-state index in [1.54, 1.807) is 0 Å². The first-order valence-corrected chi connectivity index (χ1v) is 22.1. The topological polar surface area (TPSA) is 29.3 Å². The Morgan fingerprint density at radius 1 is 0.875 bits per heavy atom.